The van der Waals surface area contributed by atoms with Crippen molar-refractivity contribution in [3.63, 3.8) is 0 Å². The molecule has 1 atom stereocenters. The van der Waals surface area contributed by atoms with Gasteiger partial charge in [-0.15, -0.1) is 0 Å². The molecule has 0 saturated carbocycles. The Morgan fingerprint density at radius 1 is 1.05 bits per heavy atom. The van der Waals surface area contributed by atoms with Gasteiger partial charge in [0.2, 0.25) is 0 Å². The molecular weight excluding hydrogens is 232 g/mol. The van der Waals surface area contributed by atoms with Crippen LogP contribution < -0.4 is 5.32 Å². The van der Waals surface area contributed by atoms with Crippen molar-refractivity contribution in [1.82, 2.24) is 5.32 Å². The highest BCUT2D eigenvalue weighted by Gasteiger charge is 2.08. The van der Waals surface area contributed by atoms with Crippen LogP contribution in [-0.2, 0) is 6.42 Å². The van der Waals surface area contributed by atoms with Crippen molar-refractivity contribution in [3.05, 3.63) is 71.3 Å². The van der Waals surface area contributed by atoms with E-state index in [0.29, 0.717) is 0 Å². The van der Waals surface area contributed by atoms with Crippen molar-refractivity contribution >= 4 is 0 Å². The van der Waals surface area contributed by atoms with Crippen LogP contribution in [0, 0.1) is 18.3 Å². The van der Waals surface area contributed by atoms with E-state index in [1.165, 1.54) is 11.1 Å². The van der Waals surface area contributed by atoms with Gasteiger partial charge < -0.3 is 0 Å². The lowest BCUT2D eigenvalue weighted by Gasteiger charge is -2.12. The largest absolute Gasteiger partial charge is 0.298 e. The number of hydrogen-bond donors (Lipinski definition) is 1. The Bertz CT molecular complexity index is 538. The Labute approximate surface area is 114 Å². The van der Waals surface area contributed by atoms with E-state index in [1.807, 2.05) is 49.4 Å². The average Bonchev–Trinajstić information content (AvgIpc) is 2.46. The molecule has 2 nitrogen and oxygen atoms in total. The van der Waals surface area contributed by atoms with Crippen LogP contribution in [0.3, 0.4) is 0 Å². The molecular formula is C17H18N2. The third-order valence-electron chi connectivity index (χ3n) is 3.14. The first-order valence-corrected chi connectivity index (χ1v) is 6.53. The summed E-state index contributed by atoms with van der Waals surface area (Å²) in [6.07, 6.45) is 0.935. The Morgan fingerprint density at radius 3 is 2.37 bits per heavy atom. The summed E-state index contributed by atoms with van der Waals surface area (Å²) in [6, 6.07) is 20.5. The Kier molecular flexibility index (Phi) is 4.72. The van der Waals surface area contributed by atoms with Crippen molar-refractivity contribution < 1.29 is 0 Å². The van der Waals surface area contributed by atoms with E-state index in [2.05, 4.69) is 23.5 Å². The van der Waals surface area contributed by atoms with Crippen molar-refractivity contribution in [1.29, 1.82) is 5.26 Å². The molecule has 2 aromatic carbocycles. The summed E-state index contributed by atoms with van der Waals surface area (Å²) in [5, 5.41) is 12.5. The average molecular weight is 250 g/mol. The maximum absolute atomic E-state index is 9.23. The van der Waals surface area contributed by atoms with Gasteiger partial charge >= 0.3 is 0 Å². The van der Waals surface area contributed by atoms with Crippen LogP contribution >= 0.6 is 0 Å². The zero-order valence-corrected chi connectivity index (χ0v) is 11.1. The normalized spacial score (nSPS) is 11.8. The van der Waals surface area contributed by atoms with Gasteiger partial charge in [-0.25, -0.2) is 0 Å². The van der Waals surface area contributed by atoms with Crippen molar-refractivity contribution in [3.8, 4) is 6.07 Å². The molecule has 0 spiro atoms. The van der Waals surface area contributed by atoms with Gasteiger partial charge in [-0.3, -0.25) is 5.32 Å². The summed E-state index contributed by atoms with van der Waals surface area (Å²) >= 11 is 0. The third-order valence-corrected chi connectivity index (χ3v) is 3.14. The molecule has 0 radical (unpaired) electrons. The zero-order valence-electron chi connectivity index (χ0n) is 11.1. The third kappa shape index (κ3) is 3.94. The number of aryl methyl sites for hydroxylation is 1. The van der Waals surface area contributed by atoms with Crippen molar-refractivity contribution in [2.45, 2.75) is 19.4 Å². The van der Waals surface area contributed by atoms with E-state index in [1.54, 1.807) is 0 Å². The molecule has 2 rings (SSSR count). The van der Waals surface area contributed by atoms with Crippen LogP contribution in [0.1, 0.15) is 22.7 Å². The summed E-state index contributed by atoms with van der Waals surface area (Å²) in [4.78, 5) is 0. The van der Waals surface area contributed by atoms with Gasteiger partial charge in [-0.1, -0.05) is 60.2 Å². The molecule has 1 unspecified atom stereocenters. The molecule has 96 valence electrons. The molecule has 19 heavy (non-hydrogen) atoms. The summed E-state index contributed by atoms with van der Waals surface area (Å²) < 4.78 is 0. The monoisotopic (exact) mass is 250 g/mol. The predicted molar refractivity (Wildman–Crippen MR) is 77.7 cm³/mol. The van der Waals surface area contributed by atoms with Gasteiger partial charge in [0.05, 0.1) is 6.07 Å². The summed E-state index contributed by atoms with van der Waals surface area (Å²) in [5.74, 6) is 0. The second-order valence-electron chi connectivity index (χ2n) is 4.66. The minimum absolute atomic E-state index is 0.232. The first-order valence-electron chi connectivity index (χ1n) is 6.53. The molecule has 2 aromatic rings. The van der Waals surface area contributed by atoms with Gasteiger partial charge in [0, 0.05) is 6.54 Å². The molecule has 0 aliphatic rings. The minimum Gasteiger partial charge on any atom is -0.298 e. The van der Waals surface area contributed by atoms with Crippen LogP contribution in [0.2, 0.25) is 0 Å². The number of benzene rings is 2. The van der Waals surface area contributed by atoms with E-state index in [-0.39, 0.29) is 6.04 Å². The van der Waals surface area contributed by atoms with Crippen LogP contribution in [-0.4, -0.2) is 6.54 Å². The molecule has 0 aliphatic heterocycles. The molecule has 0 aliphatic carbocycles. The second-order valence-corrected chi connectivity index (χ2v) is 4.66. The Morgan fingerprint density at radius 2 is 1.74 bits per heavy atom. The topological polar surface area (TPSA) is 35.8 Å². The van der Waals surface area contributed by atoms with Crippen molar-refractivity contribution in [2.24, 2.45) is 0 Å². The lowest BCUT2D eigenvalue weighted by molar-refractivity contribution is 0.629. The number of hydrogen-bond acceptors (Lipinski definition) is 2. The highest BCUT2D eigenvalue weighted by molar-refractivity contribution is 5.27. The molecule has 0 heterocycles. The Hall–Kier alpha value is -2.11. The first-order chi connectivity index (χ1) is 9.29. The summed E-state index contributed by atoms with van der Waals surface area (Å²) in [6.45, 7) is 2.85. The molecule has 0 aromatic heterocycles. The minimum atomic E-state index is -0.232. The van der Waals surface area contributed by atoms with E-state index in [0.717, 1.165) is 18.5 Å². The molecule has 0 bridgehead atoms. The van der Waals surface area contributed by atoms with Crippen LogP contribution in [0.5, 0.6) is 0 Å². The van der Waals surface area contributed by atoms with Gasteiger partial charge in [-0.2, -0.15) is 5.26 Å². The van der Waals surface area contributed by atoms with E-state index in [9.17, 15) is 5.26 Å². The van der Waals surface area contributed by atoms with Crippen LogP contribution in [0.15, 0.2) is 54.6 Å². The lowest BCUT2D eigenvalue weighted by atomic mass is 10.1. The van der Waals surface area contributed by atoms with E-state index >= 15 is 0 Å². The first kappa shape index (κ1) is 13.3. The smallest absolute Gasteiger partial charge is 0.121 e. The lowest BCUT2D eigenvalue weighted by Crippen LogP contribution is -2.22. The van der Waals surface area contributed by atoms with Gasteiger partial charge in [-0.05, 0) is 24.5 Å². The maximum atomic E-state index is 9.23. The van der Waals surface area contributed by atoms with E-state index < -0.39 is 0 Å². The maximum Gasteiger partial charge on any atom is 0.121 e. The molecule has 2 heteroatoms. The highest BCUT2D eigenvalue weighted by Crippen LogP contribution is 2.13. The van der Waals surface area contributed by atoms with Crippen LogP contribution in [0.25, 0.3) is 0 Å². The second kappa shape index (κ2) is 6.72. The fourth-order valence-electron chi connectivity index (χ4n) is 2.00. The standard InChI is InChI=1S/C17H18N2/c1-14-7-9-16(10-8-14)17(13-18)19-12-11-15-5-3-2-4-6-15/h2-10,17,19H,11-12H2,1H3. The number of nitrogens with one attached hydrogen (secondary N) is 1. The number of nitriles is 1. The van der Waals surface area contributed by atoms with E-state index in [4.69, 9.17) is 0 Å². The Balaban J connectivity index is 1.90. The van der Waals surface area contributed by atoms with Crippen LogP contribution in [0.4, 0.5) is 0 Å². The van der Waals surface area contributed by atoms with Gasteiger partial charge in [0.25, 0.3) is 0 Å². The fraction of sp³-hybridized carbons (Fsp3) is 0.235. The SMILES string of the molecule is Cc1ccc(C(C#N)NCCc2ccccc2)cc1. The quantitative estimate of drug-likeness (QED) is 0.883. The predicted octanol–water partition coefficient (Wildman–Crippen LogP) is 3.39. The highest BCUT2D eigenvalue weighted by atomic mass is 14.9. The van der Waals surface area contributed by atoms with Gasteiger partial charge in [0.1, 0.15) is 6.04 Å². The van der Waals surface area contributed by atoms with Gasteiger partial charge in [0.15, 0.2) is 0 Å². The summed E-state index contributed by atoms with van der Waals surface area (Å²) in [5.41, 5.74) is 3.53. The zero-order chi connectivity index (χ0) is 13.5. The molecule has 0 fully saturated rings. The molecule has 0 saturated heterocycles. The molecule has 0 amide bonds. The van der Waals surface area contributed by atoms with Crippen molar-refractivity contribution in [2.75, 3.05) is 6.54 Å². The summed E-state index contributed by atoms with van der Waals surface area (Å²) in [7, 11) is 0. The number of rotatable bonds is 5. The molecule has 1 N–H and O–H groups in total. The number of nitrogens with zero attached hydrogens (tertiary/aromatic N) is 1. The fourth-order valence-corrected chi connectivity index (χ4v) is 2.00.